The van der Waals surface area contributed by atoms with E-state index in [9.17, 15) is 9.90 Å². The van der Waals surface area contributed by atoms with Crippen molar-refractivity contribution in [3.05, 3.63) is 54.9 Å². The van der Waals surface area contributed by atoms with Crippen molar-refractivity contribution in [2.24, 2.45) is 11.8 Å². The van der Waals surface area contributed by atoms with Gasteiger partial charge in [0.25, 0.3) is 5.91 Å². The van der Waals surface area contributed by atoms with Crippen LogP contribution >= 0.6 is 0 Å². The van der Waals surface area contributed by atoms with Gasteiger partial charge >= 0.3 is 0 Å². The van der Waals surface area contributed by atoms with E-state index in [4.69, 9.17) is 4.42 Å². The van der Waals surface area contributed by atoms with Gasteiger partial charge in [-0.15, -0.1) is 5.10 Å². The van der Waals surface area contributed by atoms with E-state index in [1.54, 1.807) is 4.68 Å². The molecule has 1 saturated heterocycles. The maximum Gasteiger partial charge on any atom is 0.291 e. The average molecular weight is 379 g/mol. The Labute approximate surface area is 161 Å². The molecule has 3 heterocycles. The Morgan fingerprint density at radius 2 is 1.93 bits per heavy atom. The molecule has 0 unspecified atom stereocenters. The number of amides is 1. The molecule has 1 aromatic carbocycles. The third kappa shape index (κ3) is 2.99. The monoisotopic (exact) mass is 379 g/mol. The van der Waals surface area contributed by atoms with E-state index in [0.717, 1.165) is 17.7 Å². The summed E-state index contributed by atoms with van der Waals surface area (Å²) in [6.45, 7) is 1.30. The summed E-state index contributed by atoms with van der Waals surface area (Å²) in [5.74, 6) is 0.740. The quantitative estimate of drug-likeness (QED) is 0.748. The Bertz CT molecular complexity index is 955. The normalized spacial score (nSPS) is 27.0. The summed E-state index contributed by atoms with van der Waals surface area (Å²) in [5, 5.41) is 19.3. The van der Waals surface area contributed by atoms with Crippen LogP contribution in [-0.2, 0) is 0 Å². The zero-order valence-electron chi connectivity index (χ0n) is 15.3. The number of likely N-dealkylation sites (tertiary alicyclic amines) is 1. The van der Waals surface area contributed by atoms with Crippen molar-refractivity contribution in [2.45, 2.75) is 25.0 Å². The van der Waals surface area contributed by atoms with Crippen LogP contribution in [0, 0.1) is 11.8 Å². The predicted octanol–water partition coefficient (Wildman–Crippen LogP) is 2.02. The van der Waals surface area contributed by atoms with Crippen molar-refractivity contribution < 1.29 is 14.3 Å². The van der Waals surface area contributed by atoms with Crippen molar-refractivity contribution in [1.82, 2.24) is 24.9 Å². The van der Waals surface area contributed by atoms with Crippen LogP contribution in [0.2, 0.25) is 0 Å². The molecule has 8 nitrogen and oxygen atoms in total. The number of oxazole rings is 1. The maximum absolute atomic E-state index is 12.5. The number of aliphatic hydroxyl groups is 1. The lowest BCUT2D eigenvalue weighted by molar-refractivity contribution is 0.0298. The van der Waals surface area contributed by atoms with E-state index >= 15 is 0 Å². The molecule has 1 N–H and O–H groups in total. The molecule has 0 spiro atoms. The number of benzene rings is 1. The van der Waals surface area contributed by atoms with Gasteiger partial charge in [0, 0.05) is 18.7 Å². The van der Waals surface area contributed by atoms with E-state index in [-0.39, 0.29) is 23.6 Å². The molecule has 2 aliphatic rings. The molecule has 1 saturated carbocycles. The molecule has 1 aliphatic heterocycles. The molecule has 0 radical (unpaired) electrons. The molecule has 1 amide bonds. The Kier molecular flexibility index (Phi) is 4.20. The van der Waals surface area contributed by atoms with Gasteiger partial charge < -0.3 is 14.4 Å². The topological polar surface area (TPSA) is 97.3 Å². The van der Waals surface area contributed by atoms with Crippen molar-refractivity contribution in [3.8, 4) is 11.3 Å². The maximum atomic E-state index is 12.5. The third-order valence-corrected chi connectivity index (χ3v) is 5.96. The summed E-state index contributed by atoms with van der Waals surface area (Å²) in [6, 6.07) is 9.74. The van der Waals surface area contributed by atoms with Gasteiger partial charge in [-0.05, 0) is 24.7 Å². The van der Waals surface area contributed by atoms with Gasteiger partial charge in [-0.1, -0.05) is 35.5 Å². The van der Waals surface area contributed by atoms with Gasteiger partial charge in [-0.25, -0.2) is 9.67 Å². The number of fused-ring (bicyclic) bond motifs is 1. The number of aromatic nitrogens is 4. The zero-order chi connectivity index (χ0) is 19.1. The lowest BCUT2D eigenvalue weighted by Gasteiger charge is -2.34. The average Bonchev–Trinajstić information content (AvgIpc) is 3.47. The third-order valence-electron chi connectivity index (χ3n) is 5.96. The first-order valence-corrected chi connectivity index (χ1v) is 9.52. The van der Waals surface area contributed by atoms with Crippen LogP contribution in [0.15, 0.2) is 53.5 Å². The molecule has 1 aliphatic carbocycles. The lowest BCUT2D eigenvalue weighted by atomic mass is 9.77. The number of aliphatic hydroxyl groups excluding tert-OH is 1. The minimum Gasteiger partial charge on any atom is -0.438 e. The van der Waals surface area contributed by atoms with E-state index in [2.05, 4.69) is 15.3 Å². The highest BCUT2D eigenvalue weighted by molar-refractivity contribution is 5.91. The van der Waals surface area contributed by atoms with Crippen LogP contribution in [-0.4, -0.2) is 55.1 Å². The Balaban J connectivity index is 1.31. The first kappa shape index (κ1) is 17.1. The van der Waals surface area contributed by atoms with Crippen molar-refractivity contribution in [1.29, 1.82) is 0 Å². The second-order valence-corrected chi connectivity index (χ2v) is 7.65. The number of carbonyl (C=O) groups is 1. The molecule has 2 fully saturated rings. The Hall–Kier alpha value is -3.00. The highest BCUT2D eigenvalue weighted by Crippen LogP contribution is 2.41. The Morgan fingerprint density at radius 1 is 1.14 bits per heavy atom. The van der Waals surface area contributed by atoms with Gasteiger partial charge in [0.15, 0.2) is 6.39 Å². The number of hydrogen-bond acceptors (Lipinski definition) is 6. The standard InChI is InChI=1S/C20H21N5O3/c26-18-7-15-10-24(20(27)19-8-21-12-28-19)9-14(15)6-17(18)25-11-16(22-23-25)13-4-2-1-3-5-13/h1-5,8,11-12,14-15,17-18,26H,6-7,9-10H2/t14-,15+,17-,18-/m1/s1. The van der Waals surface area contributed by atoms with Crippen LogP contribution in [0.25, 0.3) is 11.3 Å². The summed E-state index contributed by atoms with van der Waals surface area (Å²) in [7, 11) is 0. The smallest absolute Gasteiger partial charge is 0.291 e. The van der Waals surface area contributed by atoms with Gasteiger partial charge in [0.2, 0.25) is 5.76 Å². The number of nitrogens with zero attached hydrogens (tertiary/aromatic N) is 5. The van der Waals surface area contributed by atoms with E-state index in [1.807, 2.05) is 41.4 Å². The molecule has 28 heavy (non-hydrogen) atoms. The fourth-order valence-corrected chi connectivity index (χ4v) is 4.51. The number of carbonyl (C=O) groups excluding carboxylic acids is 1. The fraction of sp³-hybridized carbons (Fsp3) is 0.400. The molecule has 8 heteroatoms. The van der Waals surface area contributed by atoms with Crippen LogP contribution in [0.1, 0.15) is 29.4 Å². The highest BCUT2D eigenvalue weighted by atomic mass is 16.3. The van der Waals surface area contributed by atoms with Crippen LogP contribution in [0.3, 0.4) is 0 Å². The molecular weight excluding hydrogens is 358 g/mol. The molecule has 0 bridgehead atoms. The zero-order valence-corrected chi connectivity index (χ0v) is 15.3. The Morgan fingerprint density at radius 3 is 2.68 bits per heavy atom. The largest absolute Gasteiger partial charge is 0.438 e. The molecule has 3 aromatic rings. The summed E-state index contributed by atoms with van der Waals surface area (Å²) in [6.07, 6.45) is 5.52. The molecule has 2 aromatic heterocycles. The van der Waals surface area contributed by atoms with Crippen molar-refractivity contribution in [3.63, 3.8) is 0 Å². The van der Waals surface area contributed by atoms with Crippen LogP contribution < -0.4 is 0 Å². The van der Waals surface area contributed by atoms with E-state index in [0.29, 0.717) is 25.4 Å². The lowest BCUT2D eigenvalue weighted by Crippen LogP contribution is -2.36. The van der Waals surface area contributed by atoms with Crippen LogP contribution in [0.4, 0.5) is 0 Å². The SMILES string of the molecule is O=C(c1cnco1)N1C[C@H]2C[C@@H](n3cc(-c4ccccc4)nn3)[C@H](O)C[C@H]2C1. The summed E-state index contributed by atoms with van der Waals surface area (Å²) >= 11 is 0. The van der Waals surface area contributed by atoms with Gasteiger partial charge in [0.05, 0.1) is 24.5 Å². The van der Waals surface area contributed by atoms with Crippen molar-refractivity contribution >= 4 is 5.91 Å². The van der Waals surface area contributed by atoms with Gasteiger partial charge in [-0.2, -0.15) is 0 Å². The first-order chi connectivity index (χ1) is 13.7. The van der Waals surface area contributed by atoms with E-state index in [1.165, 1.54) is 12.6 Å². The molecule has 4 atom stereocenters. The van der Waals surface area contributed by atoms with Gasteiger partial charge in [-0.3, -0.25) is 4.79 Å². The second kappa shape index (κ2) is 6.87. The van der Waals surface area contributed by atoms with Crippen molar-refractivity contribution in [2.75, 3.05) is 13.1 Å². The summed E-state index contributed by atoms with van der Waals surface area (Å²) in [4.78, 5) is 18.2. The second-order valence-electron chi connectivity index (χ2n) is 7.65. The summed E-state index contributed by atoms with van der Waals surface area (Å²) < 4.78 is 6.93. The fourth-order valence-electron chi connectivity index (χ4n) is 4.51. The molecule has 5 rings (SSSR count). The first-order valence-electron chi connectivity index (χ1n) is 9.52. The predicted molar refractivity (Wildman–Crippen MR) is 99.1 cm³/mol. The number of rotatable bonds is 3. The minimum atomic E-state index is -0.507. The van der Waals surface area contributed by atoms with E-state index < -0.39 is 6.10 Å². The highest BCUT2D eigenvalue weighted by Gasteiger charge is 2.44. The van der Waals surface area contributed by atoms with Crippen LogP contribution in [0.5, 0.6) is 0 Å². The molecular formula is C20H21N5O3. The minimum absolute atomic E-state index is 0.133. The number of hydrogen-bond donors (Lipinski definition) is 1. The molecule has 144 valence electrons. The summed E-state index contributed by atoms with van der Waals surface area (Å²) in [5.41, 5.74) is 1.80. The van der Waals surface area contributed by atoms with Gasteiger partial charge in [0.1, 0.15) is 5.69 Å².